The molecule has 0 radical (unpaired) electrons. The topological polar surface area (TPSA) is 3.24 Å². The van der Waals surface area contributed by atoms with Crippen LogP contribution in [0.25, 0.3) is 0 Å². The Morgan fingerprint density at radius 3 is 2.75 bits per heavy atom. The summed E-state index contributed by atoms with van der Waals surface area (Å²) in [6.07, 6.45) is 7.25. The zero-order valence-corrected chi connectivity index (χ0v) is 8.59. The van der Waals surface area contributed by atoms with Crippen LogP contribution in [0.5, 0.6) is 0 Å². The van der Waals surface area contributed by atoms with Crippen molar-refractivity contribution in [2.24, 2.45) is 5.92 Å². The predicted octanol–water partition coefficient (Wildman–Crippen LogP) is 2.68. The molecule has 1 aliphatic rings. The third-order valence-corrected chi connectivity index (χ3v) is 2.78. The maximum Gasteiger partial charge on any atom is 0.0166 e. The van der Waals surface area contributed by atoms with Crippen molar-refractivity contribution < 1.29 is 0 Å². The molecule has 0 amide bonds. The molecule has 1 nitrogen and oxygen atoms in total. The van der Waals surface area contributed by atoms with Crippen molar-refractivity contribution in [2.45, 2.75) is 39.7 Å². The number of rotatable bonds is 2. The molecule has 0 fully saturated rings. The fraction of sp³-hybridized carbons (Fsp3) is 0.818. The van der Waals surface area contributed by atoms with Gasteiger partial charge in [-0.2, -0.15) is 0 Å². The van der Waals surface area contributed by atoms with Crippen LogP contribution < -0.4 is 0 Å². The Bertz CT molecular complexity index is 149. The zero-order chi connectivity index (χ0) is 8.97. The molecule has 1 heteroatoms. The SMILES string of the molecule is CCC1CC=CCN(C(C)C)C1. The van der Waals surface area contributed by atoms with E-state index in [9.17, 15) is 0 Å². The van der Waals surface area contributed by atoms with Crippen LogP contribution in [0, 0.1) is 5.92 Å². The number of allylic oxidation sites excluding steroid dienone is 1. The Labute approximate surface area is 76.5 Å². The van der Waals surface area contributed by atoms with Crippen molar-refractivity contribution in [2.75, 3.05) is 13.1 Å². The van der Waals surface area contributed by atoms with Crippen molar-refractivity contribution in [3.8, 4) is 0 Å². The maximum atomic E-state index is 2.55. The van der Waals surface area contributed by atoms with E-state index in [1.165, 1.54) is 19.4 Å². The molecule has 0 saturated heterocycles. The quantitative estimate of drug-likeness (QED) is 0.572. The lowest BCUT2D eigenvalue weighted by Gasteiger charge is -2.27. The fourth-order valence-corrected chi connectivity index (χ4v) is 1.70. The van der Waals surface area contributed by atoms with Crippen LogP contribution in [0.4, 0.5) is 0 Å². The lowest BCUT2D eigenvalue weighted by molar-refractivity contribution is 0.210. The van der Waals surface area contributed by atoms with Crippen LogP contribution in [0.2, 0.25) is 0 Å². The minimum Gasteiger partial charge on any atom is -0.297 e. The number of hydrogen-bond donors (Lipinski definition) is 0. The van der Waals surface area contributed by atoms with Crippen LogP contribution >= 0.6 is 0 Å². The van der Waals surface area contributed by atoms with Gasteiger partial charge in [0.25, 0.3) is 0 Å². The van der Waals surface area contributed by atoms with Gasteiger partial charge in [0.15, 0.2) is 0 Å². The van der Waals surface area contributed by atoms with Gasteiger partial charge in [0.2, 0.25) is 0 Å². The molecule has 0 saturated carbocycles. The molecule has 0 aliphatic carbocycles. The molecular weight excluding hydrogens is 146 g/mol. The zero-order valence-electron chi connectivity index (χ0n) is 8.59. The Kier molecular flexibility index (Phi) is 3.80. The second kappa shape index (κ2) is 4.66. The van der Waals surface area contributed by atoms with E-state index in [4.69, 9.17) is 0 Å². The Hall–Kier alpha value is -0.300. The van der Waals surface area contributed by atoms with Crippen molar-refractivity contribution in [1.82, 2.24) is 4.90 Å². The molecule has 12 heavy (non-hydrogen) atoms. The minimum atomic E-state index is 0.696. The first-order chi connectivity index (χ1) is 5.74. The normalized spacial score (nSPS) is 26.2. The van der Waals surface area contributed by atoms with Gasteiger partial charge in [0.05, 0.1) is 0 Å². The average Bonchev–Trinajstić information content (AvgIpc) is 2.28. The maximum absolute atomic E-state index is 2.55. The van der Waals surface area contributed by atoms with Gasteiger partial charge in [-0.25, -0.2) is 0 Å². The van der Waals surface area contributed by atoms with E-state index in [0.29, 0.717) is 6.04 Å². The lowest BCUT2D eigenvalue weighted by atomic mass is 10.0. The van der Waals surface area contributed by atoms with Gasteiger partial charge in [0, 0.05) is 19.1 Å². The summed E-state index contributed by atoms with van der Waals surface area (Å²) in [5.41, 5.74) is 0. The summed E-state index contributed by atoms with van der Waals surface area (Å²) in [5, 5.41) is 0. The van der Waals surface area contributed by atoms with Crippen LogP contribution in [0.15, 0.2) is 12.2 Å². The first-order valence-electron chi connectivity index (χ1n) is 5.13. The first-order valence-corrected chi connectivity index (χ1v) is 5.13. The summed E-state index contributed by atoms with van der Waals surface area (Å²) in [6.45, 7) is 9.29. The van der Waals surface area contributed by atoms with Gasteiger partial charge in [-0.3, -0.25) is 4.90 Å². The molecule has 0 bridgehead atoms. The molecule has 0 aromatic carbocycles. The predicted molar refractivity (Wildman–Crippen MR) is 54.2 cm³/mol. The van der Waals surface area contributed by atoms with Gasteiger partial charge in [0.1, 0.15) is 0 Å². The summed E-state index contributed by atoms with van der Waals surface area (Å²) in [4.78, 5) is 2.55. The molecule has 0 N–H and O–H groups in total. The molecule has 70 valence electrons. The smallest absolute Gasteiger partial charge is 0.0166 e. The van der Waals surface area contributed by atoms with Crippen LogP contribution in [0.1, 0.15) is 33.6 Å². The van der Waals surface area contributed by atoms with Crippen LogP contribution in [-0.2, 0) is 0 Å². The molecule has 1 atom stereocenters. The van der Waals surface area contributed by atoms with E-state index in [0.717, 1.165) is 12.5 Å². The highest BCUT2D eigenvalue weighted by molar-refractivity contribution is 4.92. The molecule has 0 aromatic heterocycles. The molecule has 1 heterocycles. The highest BCUT2D eigenvalue weighted by Crippen LogP contribution is 2.16. The molecule has 0 aromatic rings. The summed E-state index contributed by atoms with van der Waals surface area (Å²) in [5.74, 6) is 0.881. The number of hydrogen-bond acceptors (Lipinski definition) is 1. The third kappa shape index (κ3) is 2.63. The van der Waals surface area contributed by atoms with Gasteiger partial charge in [-0.1, -0.05) is 25.5 Å². The van der Waals surface area contributed by atoms with Crippen molar-refractivity contribution >= 4 is 0 Å². The molecule has 1 rings (SSSR count). The van der Waals surface area contributed by atoms with Crippen molar-refractivity contribution in [1.29, 1.82) is 0 Å². The Balaban J connectivity index is 2.49. The molecule has 1 aliphatic heterocycles. The minimum absolute atomic E-state index is 0.696. The summed E-state index contributed by atoms with van der Waals surface area (Å²) >= 11 is 0. The fourth-order valence-electron chi connectivity index (χ4n) is 1.70. The monoisotopic (exact) mass is 167 g/mol. The largest absolute Gasteiger partial charge is 0.297 e. The third-order valence-electron chi connectivity index (χ3n) is 2.78. The van der Waals surface area contributed by atoms with E-state index >= 15 is 0 Å². The van der Waals surface area contributed by atoms with Gasteiger partial charge in [-0.15, -0.1) is 0 Å². The Morgan fingerprint density at radius 2 is 2.17 bits per heavy atom. The van der Waals surface area contributed by atoms with E-state index in [1.807, 2.05) is 0 Å². The highest BCUT2D eigenvalue weighted by atomic mass is 15.1. The average molecular weight is 167 g/mol. The van der Waals surface area contributed by atoms with E-state index in [-0.39, 0.29) is 0 Å². The molecular formula is C11H21N. The Morgan fingerprint density at radius 1 is 1.42 bits per heavy atom. The second-order valence-corrected chi connectivity index (χ2v) is 4.03. The summed E-state index contributed by atoms with van der Waals surface area (Å²) < 4.78 is 0. The van der Waals surface area contributed by atoms with Crippen LogP contribution in [0.3, 0.4) is 0 Å². The number of nitrogens with zero attached hydrogens (tertiary/aromatic N) is 1. The van der Waals surface area contributed by atoms with Gasteiger partial charge in [-0.05, 0) is 26.2 Å². The molecule has 0 spiro atoms. The van der Waals surface area contributed by atoms with E-state index in [1.54, 1.807) is 0 Å². The second-order valence-electron chi connectivity index (χ2n) is 4.03. The summed E-state index contributed by atoms with van der Waals surface area (Å²) in [6, 6.07) is 0.696. The van der Waals surface area contributed by atoms with Crippen molar-refractivity contribution in [3.05, 3.63) is 12.2 Å². The molecule has 1 unspecified atom stereocenters. The lowest BCUT2D eigenvalue weighted by Crippen LogP contribution is -2.34. The van der Waals surface area contributed by atoms with E-state index in [2.05, 4.69) is 37.8 Å². The summed E-state index contributed by atoms with van der Waals surface area (Å²) in [7, 11) is 0. The standard InChI is InChI=1S/C11H21N/c1-4-11-7-5-6-8-12(9-11)10(2)3/h5-6,10-11H,4,7-9H2,1-3H3. The highest BCUT2D eigenvalue weighted by Gasteiger charge is 2.15. The van der Waals surface area contributed by atoms with Crippen molar-refractivity contribution in [3.63, 3.8) is 0 Å². The van der Waals surface area contributed by atoms with Gasteiger partial charge >= 0.3 is 0 Å². The van der Waals surface area contributed by atoms with E-state index < -0.39 is 0 Å². The first kappa shape index (κ1) is 9.79. The van der Waals surface area contributed by atoms with Crippen LogP contribution in [-0.4, -0.2) is 24.0 Å². The van der Waals surface area contributed by atoms with Gasteiger partial charge < -0.3 is 0 Å².